The Morgan fingerprint density at radius 1 is 1.50 bits per heavy atom. The monoisotopic (exact) mass is 218 g/mol. The highest BCUT2D eigenvalue weighted by molar-refractivity contribution is 8.14. The lowest BCUT2D eigenvalue weighted by molar-refractivity contribution is -0.119. The molecule has 1 unspecified atom stereocenters. The van der Waals surface area contributed by atoms with Crippen LogP contribution in [0.2, 0.25) is 0 Å². The molecule has 0 radical (unpaired) electrons. The fraction of sp³-hybridized carbons (Fsp3) is 0.750. The van der Waals surface area contributed by atoms with Gasteiger partial charge < -0.3 is 16.9 Å². The van der Waals surface area contributed by atoms with Crippen LogP contribution in [-0.4, -0.2) is 22.9 Å². The zero-order valence-corrected chi connectivity index (χ0v) is 9.60. The molecule has 0 bridgehead atoms. The highest BCUT2D eigenvalue weighted by Crippen LogP contribution is 2.02. The molecule has 0 aromatic rings. The fourth-order valence-corrected chi connectivity index (χ4v) is 1.08. The van der Waals surface area contributed by atoms with Crippen molar-refractivity contribution in [3.05, 3.63) is 0 Å². The lowest BCUT2D eigenvalue weighted by atomic mass is 10.1. The lowest BCUT2D eigenvalue weighted by Gasteiger charge is -2.16. The van der Waals surface area contributed by atoms with Gasteiger partial charge in [-0.05, 0) is 12.8 Å². The van der Waals surface area contributed by atoms with Crippen molar-refractivity contribution in [3.8, 4) is 0 Å². The zero-order chi connectivity index (χ0) is 11.1. The molecular formula is C8H18N4OS. The second-order valence-corrected chi connectivity index (χ2v) is 4.35. The van der Waals surface area contributed by atoms with Crippen molar-refractivity contribution in [1.29, 1.82) is 0 Å². The van der Waals surface area contributed by atoms with Gasteiger partial charge in [0.2, 0.25) is 5.91 Å². The molecule has 1 atom stereocenters. The summed E-state index contributed by atoms with van der Waals surface area (Å²) in [5, 5.41) is 6.32. The second kappa shape index (κ2) is 6.53. The van der Waals surface area contributed by atoms with Crippen molar-refractivity contribution in [1.82, 2.24) is 5.32 Å². The SMILES string of the molecule is CC(C)C(C)NC(=O)CSC(N)=NN. The summed E-state index contributed by atoms with van der Waals surface area (Å²) in [6.45, 7) is 6.06. The third-order valence-electron chi connectivity index (χ3n) is 1.87. The minimum Gasteiger partial charge on any atom is -0.377 e. The predicted octanol–water partition coefficient (Wildman–Crippen LogP) is 0.0687. The smallest absolute Gasteiger partial charge is 0.230 e. The van der Waals surface area contributed by atoms with Crippen LogP contribution in [0.4, 0.5) is 0 Å². The number of nitrogens with two attached hydrogens (primary N) is 2. The van der Waals surface area contributed by atoms with Gasteiger partial charge in [-0.3, -0.25) is 4.79 Å². The van der Waals surface area contributed by atoms with Gasteiger partial charge in [-0.2, -0.15) is 5.10 Å². The van der Waals surface area contributed by atoms with Crippen LogP contribution in [0.25, 0.3) is 0 Å². The minimum absolute atomic E-state index is 0.0530. The lowest BCUT2D eigenvalue weighted by Crippen LogP contribution is -2.37. The fourth-order valence-electron chi connectivity index (χ4n) is 0.639. The molecule has 0 fully saturated rings. The largest absolute Gasteiger partial charge is 0.377 e. The summed E-state index contributed by atoms with van der Waals surface area (Å²) >= 11 is 1.13. The number of carbonyl (C=O) groups excluding carboxylic acids is 1. The van der Waals surface area contributed by atoms with Crippen molar-refractivity contribution in [3.63, 3.8) is 0 Å². The van der Waals surface area contributed by atoms with Crippen molar-refractivity contribution in [2.24, 2.45) is 22.6 Å². The van der Waals surface area contributed by atoms with E-state index in [4.69, 9.17) is 11.6 Å². The molecule has 0 heterocycles. The summed E-state index contributed by atoms with van der Waals surface area (Å²) in [7, 11) is 0. The molecule has 0 aliphatic carbocycles. The summed E-state index contributed by atoms with van der Waals surface area (Å²) < 4.78 is 0. The highest BCUT2D eigenvalue weighted by atomic mass is 32.2. The Bertz CT molecular complexity index is 217. The minimum atomic E-state index is -0.0530. The number of hydrogen-bond donors (Lipinski definition) is 3. The van der Waals surface area contributed by atoms with E-state index >= 15 is 0 Å². The van der Waals surface area contributed by atoms with E-state index in [2.05, 4.69) is 10.4 Å². The third kappa shape index (κ3) is 5.69. The Kier molecular flexibility index (Phi) is 6.11. The molecule has 0 aromatic carbocycles. The molecule has 5 nitrogen and oxygen atoms in total. The molecule has 0 aliphatic rings. The number of amidine groups is 1. The Hall–Kier alpha value is -0.910. The number of amides is 1. The van der Waals surface area contributed by atoms with Crippen LogP contribution in [0.15, 0.2) is 5.10 Å². The van der Waals surface area contributed by atoms with E-state index in [1.807, 2.05) is 20.8 Å². The van der Waals surface area contributed by atoms with E-state index in [1.165, 1.54) is 0 Å². The topological polar surface area (TPSA) is 93.5 Å². The van der Waals surface area contributed by atoms with Crippen molar-refractivity contribution >= 4 is 22.8 Å². The first-order valence-electron chi connectivity index (χ1n) is 4.43. The van der Waals surface area contributed by atoms with Crippen LogP contribution >= 0.6 is 11.8 Å². The summed E-state index contributed by atoms with van der Waals surface area (Å²) in [5.41, 5.74) is 5.32. The van der Waals surface area contributed by atoms with E-state index in [0.717, 1.165) is 11.8 Å². The molecule has 6 heteroatoms. The summed E-state index contributed by atoms with van der Waals surface area (Å²) in [6.07, 6.45) is 0. The molecule has 0 aromatic heterocycles. The van der Waals surface area contributed by atoms with Gasteiger partial charge in [0.25, 0.3) is 0 Å². The van der Waals surface area contributed by atoms with Crippen LogP contribution in [0.1, 0.15) is 20.8 Å². The Morgan fingerprint density at radius 2 is 2.07 bits per heavy atom. The van der Waals surface area contributed by atoms with E-state index in [9.17, 15) is 4.79 Å². The third-order valence-corrected chi connectivity index (χ3v) is 2.67. The van der Waals surface area contributed by atoms with Gasteiger partial charge >= 0.3 is 0 Å². The van der Waals surface area contributed by atoms with Crippen LogP contribution in [0.5, 0.6) is 0 Å². The van der Waals surface area contributed by atoms with Gasteiger partial charge in [-0.1, -0.05) is 25.6 Å². The van der Waals surface area contributed by atoms with E-state index in [1.54, 1.807) is 0 Å². The first kappa shape index (κ1) is 13.1. The number of rotatable bonds is 4. The number of thioether (sulfide) groups is 1. The highest BCUT2D eigenvalue weighted by Gasteiger charge is 2.10. The molecular weight excluding hydrogens is 200 g/mol. The maximum atomic E-state index is 11.3. The Morgan fingerprint density at radius 3 is 2.50 bits per heavy atom. The van der Waals surface area contributed by atoms with Gasteiger partial charge in [0, 0.05) is 6.04 Å². The quantitative estimate of drug-likeness (QED) is 0.269. The molecule has 5 N–H and O–H groups in total. The van der Waals surface area contributed by atoms with E-state index < -0.39 is 0 Å². The van der Waals surface area contributed by atoms with Crippen LogP contribution in [0, 0.1) is 5.92 Å². The maximum Gasteiger partial charge on any atom is 0.230 e. The van der Waals surface area contributed by atoms with Gasteiger partial charge in [0.1, 0.15) is 0 Å². The number of nitrogens with zero attached hydrogens (tertiary/aromatic N) is 1. The number of hydrazone groups is 1. The molecule has 1 amide bonds. The molecule has 0 rings (SSSR count). The van der Waals surface area contributed by atoms with Gasteiger partial charge in [-0.25, -0.2) is 0 Å². The van der Waals surface area contributed by atoms with Crippen molar-refractivity contribution in [2.75, 3.05) is 5.75 Å². The first-order chi connectivity index (χ1) is 6.47. The second-order valence-electron chi connectivity index (χ2n) is 3.36. The Balaban J connectivity index is 3.77. The predicted molar refractivity (Wildman–Crippen MR) is 60.7 cm³/mol. The molecule has 14 heavy (non-hydrogen) atoms. The van der Waals surface area contributed by atoms with Gasteiger partial charge in [-0.15, -0.1) is 0 Å². The molecule has 0 spiro atoms. The number of nitrogens with one attached hydrogen (secondary N) is 1. The number of carbonyl (C=O) groups is 1. The summed E-state index contributed by atoms with van der Waals surface area (Å²) in [4.78, 5) is 11.3. The van der Waals surface area contributed by atoms with Crippen LogP contribution < -0.4 is 16.9 Å². The van der Waals surface area contributed by atoms with Crippen molar-refractivity contribution in [2.45, 2.75) is 26.8 Å². The zero-order valence-electron chi connectivity index (χ0n) is 8.78. The van der Waals surface area contributed by atoms with Gasteiger partial charge in [0.15, 0.2) is 5.17 Å². The normalized spacial score (nSPS) is 14.1. The molecule has 0 saturated carbocycles. The standard InChI is InChI=1S/C8H18N4OS/c1-5(2)6(3)11-7(13)4-14-8(9)12-10/h5-6H,4,10H2,1-3H3,(H2,9,12)(H,11,13). The average Bonchev–Trinajstić information content (AvgIpc) is 2.13. The van der Waals surface area contributed by atoms with Crippen LogP contribution in [-0.2, 0) is 4.79 Å². The maximum absolute atomic E-state index is 11.3. The Labute approximate surface area is 88.7 Å². The number of hydrogen-bond acceptors (Lipinski definition) is 4. The van der Waals surface area contributed by atoms with Crippen LogP contribution in [0.3, 0.4) is 0 Å². The molecule has 0 aliphatic heterocycles. The molecule has 0 saturated heterocycles. The summed E-state index contributed by atoms with van der Waals surface area (Å²) in [5.74, 6) is 5.54. The average molecular weight is 218 g/mol. The summed E-state index contributed by atoms with van der Waals surface area (Å²) in [6, 6.07) is 0.166. The van der Waals surface area contributed by atoms with E-state index in [0.29, 0.717) is 5.92 Å². The van der Waals surface area contributed by atoms with E-state index in [-0.39, 0.29) is 22.9 Å². The van der Waals surface area contributed by atoms with Crippen molar-refractivity contribution < 1.29 is 4.79 Å². The van der Waals surface area contributed by atoms with Gasteiger partial charge in [0.05, 0.1) is 5.75 Å². The molecule has 82 valence electrons. The first-order valence-corrected chi connectivity index (χ1v) is 5.41.